The van der Waals surface area contributed by atoms with Crippen molar-refractivity contribution in [1.29, 1.82) is 0 Å². The molecule has 0 radical (unpaired) electrons. The van der Waals surface area contributed by atoms with Crippen molar-refractivity contribution in [2.75, 3.05) is 6.61 Å². The zero-order valence-corrected chi connectivity index (χ0v) is 10.5. The first-order valence-corrected chi connectivity index (χ1v) is 6.04. The Morgan fingerprint density at radius 2 is 1.85 bits per heavy atom. The lowest BCUT2D eigenvalue weighted by molar-refractivity contribution is -0.274. The van der Waals surface area contributed by atoms with Crippen LogP contribution in [0.1, 0.15) is 12.2 Å². The van der Waals surface area contributed by atoms with E-state index in [1.54, 1.807) is 18.2 Å². The van der Waals surface area contributed by atoms with Gasteiger partial charge in [-0.1, -0.05) is 12.1 Å². The fraction of sp³-hybridized carbons (Fsp3) is 0.286. The molecule has 20 heavy (non-hydrogen) atoms. The number of rotatable bonds is 5. The van der Waals surface area contributed by atoms with Gasteiger partial charge in [-0.3, -0.25) is 0 Å². The van der Waals surface area contributed by atoms with E-state index < -0.39 is 6.36 Å². The standard InChI is InChI=1S/C14H13F3O3/c15-14(16,17)20-13-6-2-1-5-11(13)12-8-7-10(19-12)4-3-9-18/h1-2,5-8,18H,3-4,9H2. The van der Waals surface area contributed by atoms with Gasteiger partial charge in [0, 0.05) is 13.0 Å². The van der Waals surface area contributed by atoms with Crippen molar-refractivity contribution in [1.82, 2.24) is 0 Å². The van der Waals surface area contributed by atoms with Gasteiger partial charge in [0.1, 0.15) is 17.3 Å². The van der Waals surface area contributed by atoms with Crippen molar-refractivity contribution in [2.45, 2.75) is 19.2 Å². The molecule has 0 amide bonds. The van der Waals surface area contributed by atoms with Crippen LogP contribution in [0.2, 0.25) is 0 Å². The Hall–Kier alpha value is -1.95. The first kappa shape index (κ1) is 14.5. The second-order valence-electron chi connectivity index (χ2n) is 4.14. The highest BCUT2D eigenvalue weighted by Gasteiger charge is 2.32. The van der Waals surface area contributed by atoms with Gasteiger partial charge in [0.25, 0.3) is 0 Å². The third kappa shape index (κ3) is 3.77. The zero-order valence-electron chi connectivity index (χ0n) is 10.5. The Labute approximate surface area is 113 Å². The number of alkyl halides is 3. The molecule has 0 saturated heterocycles. The van der Waals surface area contributed by atoms with Crippen molar-refractivity contribution in [2.24, 2.45) is 0 Å². The minimum Gasteiger partial charge on any atom is -0.461 e. The van der Waals surface area contributed by atoms with Gasteiger partial charge in [-0.25, -0.2) is 0 Å². The molecule has 0 aliphatic heterocycles. The van der Waals surface area contributed by atoms with Crippen molar-refractivity contribution < 1.29 is 27.4 Å². The molecule has 0 unspecified atom stereocenters. The summed E-state index contributed by atoms with van der Waals surface area (Å²) in [5.41, 5.74) is 0.236. The lowest BCUT2D eigenvalue weighted by Gasteiger charge is -2.11. The van der Waals surface area contributed by atoms with Crippen molar-refractivity contribution in [3.8, 4) is 17.1 Å². The first-order valence-electron chi connectivity index (χ1n) is 6.04. The van der Waals surface area contributed by atoms with Crippen LogP contribution in [0.15, 0.2) is 40.8 Å². The van der Waals surface area contributed by atoms with E-state index in [0.29, 0.717) is 24.4 Å². The maximum absolute atomic E-state index is 12.3. The number of aryl methyl sites for hydroxylation is 1. The second-order valence-corrected chi connectivity index (χ2v) is 4.14. The minimum absolute atomic E-state index is 0.0316. The summed E-state index contributed by atoms with van der Waals surface area (Å²) in [4.78, 5) is 0. The van der Waals surface area contributed by atoms with Crippen LogP contribution >= 0.6 is 0 Å². The number of aliphatic hydroxyl groups excluding tert-OH is 1. The normalized spacial score (nSPS) is 11.6. The summed E-state index contributed by atoms with van der Waals surface area (Å²) in [5.74, 6) is 0.608. The summed E-state index contributed by atoms with van der Waals surface area (Å²) < 4.78 is 46.4. The van der Waals surface area contributed by atoms with Gasteiger partial charge in [-0.2, -0.15) is 0 Å². The predicted octanol–water partition coefficient (Wildman–Crippen LogP) is 3.77. The lowest BCUT2D eigenvalue weighted by atomic mass is 10.1. The Morgan fingerprint density at radius 3 is 2.55 bits per heavy atom. The van der Waals surface area contributed by atoms with Crippen LogP contribution in [-0.4, -0.2) is 18.1 Å². The molecule has 0 aliphatic carbocycles. The SMILES string of the molecule is OCCCc1ccc(-c2ccccc2OC(F)(F)F)o1. The molecule has 0 atom stereocenters. The van der Waals surface area contributed by atoms with Crippen LogP contribution in [0.25, 0.3) is 11.3 Å². The van der Waals surface area contributed by atoms with Crippen LogP contribution in [0.5, 0.6) is 5.75 Å². The highest BCUT2D eigenvalue weighted by atomic mass is 19.4. The molecular weight excluding hydrogens is 273 g/mol. The zero-order chi connectivity index (χ0) is 14.6. The molecule has 0 spiro atoms. The van der Waals surface area contributed by atoms with Crippen LogP contribution < -0.4 is 4.74 Å². The van der Waals surface area contributed by atoms with E-state index in [-0.39, 0.29) is 17.9 Å². The van der Waals surface area contributed by atoms with Crippen molar-refractivity contribution in [3.63, 3.8) is 0 Å². The van der Waals surface area contributed by atoms with Gasteiger partial charge >= 0.3 is 6.36 Å². The summed E-state index contributed by atoms with van der Waals surface area (Å²) >= 11 is 0. The number of aliphatic hydroxyl groups is 1. The van der Waals surface area contributed by atoms with Crippen LogP contribution in [-0.2, 0) is 6.42 Å². The third-order valence-corrected chi connectivity index (χ3v) is 2.62. The molecule has 0 saturated carbocycles. The number of para-hydroxylation sites is 1. The number of furan rings is 1. The predicted molar refractivity (Wildman–Crippen MR) is 66.2 cm³/mol. The molecule has 2 aromatic rings. The van der Waals surface area contributed by atoms with Crippen molar-refractivity contribution >= 4 is 0 Å². The molecule has 108 valence electrons. The Bertz CT molecular complexity index is 561. The fourth-order valence-corrected chi connectivity index (χ4v) is 1.79. The van der Waals surface area contributed by atoms with E-state index >= 15 is 0 Å². The number of benzene rings is 1. The highest BCUT2D eigenvalue weighted by molar-refractivity contribution is 5.65. The van der Waals surface area contributed by atoms with Gasteiger partial charge in [-0.05, 0) is 30.7 Å². The highest BCUT2D eigenvalue weighted by Crippen LogP contribution is 2.34. The van der Waals surface area contributed by atoms with E-state index in [0.717, 1.165) is 0 Å². The quantitative estimate of drug-likeness (QED) is 0.909. The van der Waals surface area contributed by atoms with E-state index in [9.17, 15) is 13.2 Å². The minimum atomic E-state index is -4.75. The molecule has 0 aliphatic rings. The van der Waals surface area contributed by atoms with E-state index in [2.05, 4.69) is 4.74 Å². The van der Waals surface area contributed by atoms with E-state index in [1.807, 2.05) is 0 Å². The molecule has 1 heterocycles. The average Bonchev–Trinajstić information content (AvgIpc) is 2.83. The summed E-state index contributed by atoms with van der Waals surface area (Å²) in [6, 6.07) is 9.06. The van der Waals surface area contributed by atoms with E-state index in [1.165, 1.54) is 18.2 Å². The molecule has 1 N–H and O–H groups in total. The fourth-order valence-electron chi connectivity index (χ4n) is 1.79. The van der Waals surface area contributed by atoms with Gasteiger partial charge in [-0.15, -0.1) is 13.2 Å². The molecule has 2 rings (SSSR count). The average molecular weight is 286 g/mol. The Balaban J connectivity index is 2.26. The summed E-state index contributed by atoms with van der Waals surface area (Å²) in [5, 5.41) is 8.74. The maximum atomic E-state index is 12.3. The summed E-state index contributed by atoms with van der Waals surface area (Å²) in [7, 11) is 0. The smallest absolute Gasteiger partial charge is 0.461 e. The van der Waals surface area contributed by atoms with Crippen LogP contribution in [0.4, 0.5) is 13.2 Å². The molecule has 3 nitrogen and oxygen atoms in total. The summed E-state index contributed by atoms with van der Waals surface area (Å²) in [6.07, 6.45) is -3.69. The van der Waals surface area contributed by atoms with Crippen molar-refractivity contribution in [3.05, 3.63) is 42.2 Å². The first-order chi connectivity index (χ1) is 9.49. The van der Waals surface area contributed by atoms with E-state index in [4.69, 9.17) is 9.52 Å². The van der Waals surface area contributed by atoms with Crippen LogP contribution in [0, 0.1) is 0 Å². The lowest BCUT2D eigenvalue weighted by Crippen LogP contribution is -2.17. The molecule has 1 aromatic heterocycles. The summed E-state index contributed by atoms with van der Waals surface area (Å²) in [6.45, 7) is 0.0316. The second kappa shape index (κ2) is 6.00. The number of ether oxygens (including phenoxy) is 1. The van der Waals surface area contributed by atoms with Gasteiger partial charge < -0.3 is 14.3 Å². The molecule has 6 heteroatoms. The van der Waals surface area contributed by atoms with Gasteiger partial charge in [0.15, 0.2) is 0 Å². The number of halogens is 3. The maximum Gasteiger partial charge on any atom is 0.573 e. The van der Waals surface area contributed by atoms with Gasteiger partial charge in [0.2, 0.25) is 0 Å². The monoisotopic (exact) mass is 286 g/mol. The van der Waals surface area contributed by atoms with Crippen LogP contribution in [0.3, 0.4) is 0 Å². The number of hydrogen-bond donors (Lipinski definition) is 1. The number of hydrogen-bond acceptors (Lipinski definition) is 3. The van der Waals surface area contributed by atoms with Gasteiger partial charge in [0.05, 0.1) is 5.56 Å². The third-order valence-electron chi connectivity index (χ3n) is 2.62. The molecule has 0 fully saturated rings. The Kier molecular flexibility index (Phi) is 4.34. The molecule has 0 bridgehead atoms. The Morgan fingerprint density at radius 1 is 1.10 bits per heavy atom. The molecular formula is C14H13F3O3. The largest absolute Gasteiger partial charge is 0.573 e. The molecule has 1 aromatic carbocycles. The topological polar surface area (TPSA) is 42.6 Å².